The van der Waals surface area contributed by atoms with Gasteiger partial charge in [-0.15, -0.1) is 0 Å². The maximum absolute atomic E-state index is 13.3. The molecule has 0 saturated heterocycles. The molecule has 0 fully saturated rings. The number of hydrogen-bond donors (Lipinski definition) is 2. The van der Waals surface area contributed by atoms with E-state index in [0.29, 0.717) is 17.0 Å². The third-order valence-electron chi connectivity index (χ3n) is 3.18. The van der Waals surface area contributed by atoms with Crippen LogP contribution in [0.5, 0.6) is 0 Å². The number of nitrogens with one attached hydrogen (secondary N) is 1. The van der Waals surface area contributed by atoms with Gasteiger partial charge in [0.25, 0.3) is 0 Å². The van der Waals surface area contributed by atoms with Crippen molar-refractivity contribution in [3.8, 4) is 0 Å². The standard InChI is InChI=1S/C15H15ClF2N2/c1-9-2-3-10(12(16)6-9)8-15(20-19)11-4-5-13(17)14(18)7-11/h2-7,15,20H,8,19H2,1H3. The molecule has 0 saturated carbocycles. The van der Waals surface area contributed by atoms with Gasteiger partial charge in [0, 0.05) is 5.02 Å². The van der Waals surface area contributed by atoms with E-state index in [-0.39, 0.29) is 6.04 Å². The lowest BCUT2D eigenvalue weighted by Crippen LogP contribution is -2.29. The predicted molar refractivity (Wildman–Crippen MR) is 76.3 cm³/mol. The molecule has 2 nitrogen and oxygen atoms in total. The van der Waals surface area contributed by atoms with E-state index in [1.165, 1.54) is 6.07 Å². The average Bonchev–Trinajstić information content (AvgIpc) is 2.41. The van der Waals surface area contributed by atoms with Gasteiger partial charge in [-0.1, -0.05) is 29.8 Å². The third kappa shape index (κ3) is 3.33. The van der Waals surface area contributed by atoms with E-state index in [9.17, 15) is 8.78 Å². The van der Waals surface area contributed by atoms with Crippen molar-refractivity contribution in [3.05, 3.63) is 69.7 Å². The van der Waals surface area contributed by atoms with Crippen LogP contribution >= 0.6 is 11.6 Å². The lowest BCUT2D eigenvalue weighted by atomic mass is 9.98. The van der Waals surface area contributed by atoms with Gasteiger partial charge in [-0.3, -0.25) is 11.3 Å². The second-order valence-electron chi connectivity index (χ2n) is 4.69. The third-order valence-corrected chi connectivity index (χ3v) is 3.53. The maximum Gasteiger partial charge on any atom is 0.159 e. The SMILES string of the molecule is Cc1ccc(CC(NN)c2ccc(F)c(F)c2)c(Cl)c1. The van der Waals surface area contributed by atoms with Crippen molar-refractivity contribution in [3.63, 3.8) is 0 Å². The molecule has 0 aliphatic heterocycles. The summed E-state index contributed by atoms with van der Waals surface area (Å²) < 4.78 is 26.2. The molecule has 0 aliphatic carbocycles. The topological polar surface area (TPSA) is 38.0 Å². The lowest BCUT2D eigenvalue weighted by Gasteiger charge is -2.17. The summed E-state index contributed by atoms with van der Waals surface area (Å²) in [5.41, 5.74) is 5.13. The van der Waals surface area contributed by atoms with E-state index in [1.807, 2.05) is 25.1 Å². The van der Waals surface area contributed by atoms with Gasteiger partial charge < -0.3 is 0 Å². The van der Waals surface area contributed by atoms with Crippen molar-refractivity contribution in [2.45, 2.75) is 19.4 Å². The molecule has 0 spiro atoms. The smallest absolute Gasteiger partial charge is 0.159 e. The molecule has 20 heavy (non-hydrogen) atoms. The molecule has 1 unspecified atom stereocenters. The van der Waals surface area contributed by atoms with Gasteiger partial charge in [0.1, 0.15) is 0 Å². The van der Waals surface area contributed by atoms with Crippen molar-refractivity contribution in [1.82, 2.24) is 5.43 Å². The normalized spacial score (nSPS) is 12.4. The van der Waals surface area contributed by atoms with Crippen molar-refractivity contribution in [1.29, 1.82) is 0 Å². The average molecular weight is 297 g/mol. The predicted octanol–water partition coefficient (Wildman–Crippen LogP) is 3.67. The van der Waals surface area contributed by atoms with Gasteiger partial charge in [0.15, 0.2) is 11.6 Å². The quantitative estimate of drug-likeness (QED) is 0.667. The Morgan fingerprint density at radius 2 is 1.90 bits per heavy atom. The summed E-state index contributed by atoms with van der Waals surface area (Å²) in [5, 5.41) is 0.632. The molecule has 5 heteroatoms. The zero-order valence-corrected chi connectivity index (χ0v) is 11.7. The van der Waals surface area contributed by atoms with Crippen LogP contribution in [0.3, 0.4) is 0 Å². The summed E-state index contributed by atoms with van der Waals surface area (Å²) in [6, 6.07) is 9.10. The van der Waals surface area contributed by atoms with Crippen LogP contribution in [0.15, 0.2) is 36.4 Å². The van der Waals surface area contributed by atoms with Crippen LogP contribution in [-0.2, 0) is 6.42 Å². The van der Waals surface area contributed by atoms with Crippen LogP contribution in [0.25, 0.3) is 0 Å². The highest BCUT2D eigenvalue weighted by molar-refractivity contribution is 6.31. The number of aryl methyl sites for hydroxylation is 1. The number of rotatable bonds is 4. The highest BCUT2D eigenvalue weighted by Gasteiger charge is 2.14. The Balaban J connectivity index is 2.26. The Labute approximate surface area is 121 Å². The first-order valence-electron chi connectivity index (χ1n) is 6.17. The van der Waals surface area contributed by atoms with E-state index in [2.05, 4.69) is 5.43 Å². The second-order valence-corrected chi connectivity index (χ2v) is 5.10. The fourth-order valence-electron chi connectivity index (χ4n) is 2.04. The summed E-state index contributed by atoms with van der Waals surface area (Å²) in [5.74, 6) is 3.74. The summed E-state index contributed by atoms with van der Waals surface area (Å²) in [7, 11) is 0. The largest absolute Gasteiger partial charge is 0.271 e. The molecule has 0 heterocycles. The fourth-order valence-corrected chi connectivity index (χ4v) is 2.35. The summed E-state index contributed by atoms with van der Waals surface area (Å²) in [6.45, 7) is 1.95. The molecule has 0 aromatic heterocycles. The Bertz CT molecular complexity index is 617. The Hall–Kier alpha value is -1.49. The van der Waals surface area contributed by atoms with Crippen molar-refractivity contribution in [2.75, 3.05) is 0 Å². The highest BCUT2D eigenvalue weighted by Crippen LogP contribution is 2.25. The minimum absolute atomic E-state index is 0.342. The van der Waals surface area contributed by atoms with E-state index in [0.717, 1.165) is 23.3 Å². The molecule has 106 valence electrons. The molecular weight excluding hydrogens is 282 g/mol. The van der Waals surface area contributed by atoms with Crippen LogP contribution in [0.1, 0.15) is 22.7 Å². The fraction of sp³-hybridized carbons (Fsp3) is 0.200. The summed E-state index contributed by atoms with van der Waals surface area (Å²) in [4.78, 5) is 0. The van der Waals surface area contributed by atoms with Gasteiger partial charge in [-0.25, -0.2) is 8.78 Å². The van der Waals surface area contributed by atoms with Gasteiger partial charge in [0.05, 0.1) is 6.04 Å². The van der Waals surface area contributed by atoms with Crippen molar-refractivity contribution in [2.24, 2.45) is 5.84 Å². The van der Waals surface area contributed by atoms with Crippen LogP contribution in [-0.4, -0.2) is 0 Å². The first-order chi connectivity index (χ1) is 9.51. The Morgan fingerprint density at radius 3 is 2.50 bits per heavy atom. The van der Waals surface area contributed by atoms with Crippen LogP contribution < -0.4 is 11.3 Å². The van der Waals surface area contributed by atoms with Crippen LogP contribution in [0.4, 0.5) is 8.78 Å². The molecular formula is C15H15ClF2N2. The molecule has 0 bridgehead atoms. The minimum atomic E-state index is -0.891. The van der Waals surface area contributed by atoms with Gasteiger partial charge in [-0.2, -0.15) is 0 Å². The number of benzene rings is 2. The van der Waals surface area contributed by atoms with Gasteiger partial charge in [-0.05, 0) is 48.2 Å². The zero-order valence-electron chi connectivity index (χ0n) is 11.0. The number of hydrogen-bond acceptors (Lipinski definition) is 2. The van der Waals surface area contributed by atoms with Gasteiger partial charge in [0.2, 0.25) is 0 Å². The zero-order chi connectivity index (χ0) is 14.7. The van der Waals surface area contributed by atoms with Crippen molar-refractivity contribution < 1.29 is 8.78 Å². The maximum atomic E-state index is 13.3. The Morgan fingerprint density at radius 1 is 1.15 bits per heavy atom. The molecule has 0 amide bonds. The van der Waals surface area contributed by atoms with Crippen molar-refractivity contribution >= 4 is 11.6 Å². The molecule has 0 radical (unpaired) electrons. The number of nitrogens with two attached hydrogens (primary N) is 1. The van der Waals surface area contributed by atoms with E-state index < -0.39 is 11.6 Å². The Kier molecular flexibility index (Phi) is 4.70. The second kappa shape index (κ2) is 6.31. The summed E-state index contributed by atoms with van der Waals surface area (Å²) in [6.07, 6.45) is 0.487. The van der Waals surface area contributed by atoms with Crippen LogP contribution in [0.2, 0.25) is 5.02 Å². The number of halogens is 3. The molecule has 2 aromatic rings. The number of hydrazine groups is 1. The van der Waals surface area contributed by atoms with E-state index in [4.69, 9.17) is 17.4 Å². The van der Waals surface area contributed by atoms with Gasteiger partial charge >= 0.3 is 0 Å². The molecule has 0 aliphatic rings. The first kappa shape index (κ1) is 14.9. The van der Waals surface area contributed by atoms with E-state index in [1.54, 1.807) is 0 Å². The molecule has 2 aromatic carbocycles. The molecule has 1 atom stereocenters. The minimum Gasteiger partial charge on any atom is -0.271 e. The van der Waals surface area contributed by atoms with Crippen LogP contribution in [0, 0.1) is 18.6 Å². The molecule has 3 N–H and O–H groups in total. The first-order valence-corrected chi connectivity index (χ1v) is 6.55. The monoisotopic (exact) mass is 296 g/mol. The highest BCUT2D eigenvalue weighted by atomic mass is 35.5. The molecule has 2 rings (SSSR count). The lowest BCUT2D eigenvalue weighted by molar-refractivity contribution is 0.497. The van der Waals surface area contributed by atoms with E-state index >= 15 is 0 Å². The summed E-state index contributed by atoms with van der Waals surface area (Å²) >= 11 is 6.17.